The van der Waals surface area contributed by atoms with Crippen LogP contribution in [0.2, 0.25) is 0 Å². The van der Waals surface area contributed by atoms with Crippen molar-refractivity contribution in [2.45, 2.75) is 26.2 Å². The summed E-state index contributed by atoms with van der Waals surface area (Å²) >= 11 is 1.47. The molecule has 1 aliphatic heterocycles. The third-order valence-electron chi connectivity index (χ3n) is 4.75. The van der Waals surface area contributed by atoms with Gasteiger partial charge in [-0.2, -0.15) is 0 Å². The molecular weight excluding hydrogens is 485 g/mol. The second-order valence-electron chi connectivity index (χ2n) is 6.58. The molecule has 0 saturated heterocycles. The summed E-state index contributed by atoms with van der Waals surface area (Å²) in [6, 6.07) is 12.7. The fraction of sp³-hybridized carbons (Fsp3) is 0.174. The summed E-state index contributed by atoms with van der Waals surface area (Å²) in [6.07, 6.45) is 12.3. The van der Waals surface area contributed by atoms with Crippen LogP contribution in [0.15, 0.2) is 79.3 Å². The van der Waals surface area contributed by atoms with Crippen LogP contribution >= 0.6 is 8.20 Å². The van der Waals surface area contributed by atoms with Crippen molar-refractivity contribution in [2.24, 2.45) is 0 Å². The molecule has 1 aromatic carbocycles. The van der Waals surface area contributed by atoms with E-state index in [1.807, 2.05) is 13.0 Å². The average Bonchev–Trinajstić information content (AvgIpc) is 3.37. The topological polar surface area (TPSA) is 13.1 Å². The van der Waals surface area contributed by atoms with E-state index in [2.05, 4.69) is 67.6 Å². The molecule has 5 rings (SSSR count). The number of halogens is 2. The van der Waals surface area contributed by atoms with E-state index >= 15 is 0 Å². The second-order valence-corrected chi connectivity index (χ2v) is 9.28. The van der Waals surface area contributed by atoms with E-state index in [1.165, 1.54) is 64.6 Å². The molecule has 5 heteroatoms. The van der Waals surface area contributed by atoms with Gasteiger partial charge in [-0.15, -0.1) is 0 Å². The minimum atomic E-state index is 0. The number of allylic oxidation sites excluding steroid dienone is 7. The zero-order valence-electron chi connectivity index (χ0n) is 15.7. The van der Waals surface area contributed by atoms with Gasteiger partial charge in [0.05, 0.1) is 0 Å². The summed E-state index contributed by atoms with van der Waals surface area (Å²) in [6.45, 7) is 4.21. The largest absolute Gasteiger partial charge is 1.00 e. The number of aryl methyl sites for hydroxylation is 1. The van der Waals surface area contributed by atoms with Crippen molar-refractivity contribution in [3.8, 4) is 0 Å². The molecule has 0 fully saturated rings. The Morgan fingerprint density at radius 1 is 1.07 bits per heavy atom. The van der Waals surface area contributed by atoms with Crippen LogP contribution in [0, 0.1) is 6.92 Å². The number of hydrogen-bond acceptors (Lipinski definition) is 1. The van der Waals surface area contributed by atoms with Crippen LogP contribution in [-0.2, 0) is 24.7 Å². The molecule has 1 aromatic heterocycles. The maximum Gasteiger partial charge on any atom is -1.00 e. The van der Waals surface area contributed by atoms with Crippen molar-refractivity contribution in [1.82, 2.24) is 0 Å². The molecule has 0 amide bonds. The van der Waals surface area contributed by atoms with Gasteiger partial charge < -0.3 is 24.8 Å². The van der Waals surface area contributed by atoms with E-state index in [0.29, 0.717) is 5.92 Å². The summed E-state index contributed by atoms with van der Waals surface area (Å²) in [4.78, 5) is 0. The minimum absolute atomic E-state index is 0. The normalized spacial score (nSPS) is 18.4. The van der Waals surface area contributed by atoms with Crippen molar-refractivity contribution < 1.29 is 54.0 Å². The molecule has 0 bridgehead atoms. The van der Waals surface area contributed by atoms with E-state index in [4.69, 9.17) is 4.42 Å². The molecule has 0 radical (unpaired) electrons. The minimum Gasteiger partial charge on any atom is -1.00 e. The molecule has 3 aliphatic rings. The van der Waals surface area contributed by atoms with Gasteiger partial charge in [0.15, 0.2) is 0 Å². The second kappa shape index (κ2) is 10.2. The van der Waals surface area contributed by atoms with Crippen molar-refractivity contribution in [1.29, 1.82) is 0 Å². The van der Waals surface area contributed by atoms with E-state index in [1.54, 1.807) is 5.29 Å². The molecule has 0 spiro atoms. The molecule has 0 saturated carbocycles. The summed E-state index contributed by atoms with van der Waals surface area (Å²) in [5.74, 6) is 2.41. The van der Waals surface area contributed by atoms with Gasteiger partial charge in [0.2, 0.25) is 0 Å². The van der Waals surface area contributed by atoms with E-state index in [9.17, 15) is 0 Å². The molecule has 1 unspecified atom stereocenters. The zero-order chi connectivity index (χ0) is 18.1. The monoisotopic (exact) mass is 503 g/mol. The van der Waals surface area contributed by atoms with Gasteiger partial charge in [-0.25, -0.2) is 0 Å². The standard InChI is InChI=1S/C14H11O.C9H9P.2ClH.Zr/c1-10-6-9-14(15-10)13-8-7-11-4-2-3-5-12(11)13;1-2-8-6-7-4-3-5-9(7)10-8;;;/h2-7,9,13H,1H3;3-6H,2H2,1H3;2*1H;/q;;;;+2/p-2. The smallest absolute Gasteiger partial charge is 1.00 e. The fourth-order valence-corrected chi connectivity index (χ4v) is 5.65. The number of rotatable bonds is 2. The Bertz CT molecular complexity index is 1010. The average molecular weight is 506 g/mol. The molecule has 0 N–H and O–H groups in total. The summed E-state index contributed by atoms with van der Waals surface area (Å²) in [5.41, 5.74) is 4.15. The first kappa shape index (κ1) is 23.4. The number of benzene rings is 1. The van der Waals surface area contributed by atoms with Gasteiger partial charge in [-0.1, -0.05) is 27.3 Å². The summed E-state index contributed by atoms with van der Waals surface area (Å²) in [7, 11) is 1.43. The Hall–Kier alpha value is -0.907. The first-order valence-electron chi connectivity index (χ1n) is 8.92. The van der Waals surface area contributed by atoms with Crippen molar-refractivity contribution in [3.05, 3.63) is 97.5 Å². The van der Waals surface area contributed by atoms with Crippen molar-refractivity contribution >= 4 is 19.6 Å². The van der Waals surface area contributed by atoms with Gasteiger partial charge in [-0.05, 0) is 29.4 Å². The Morgan fingerprint density at radius 2 is 1.86 bits per heavy atom. The Kier molecular flexibility index (Phi) is 8.53. The van der Waals surface area contributed by atoms with Crippen LogP contribution in [0.1, 0.15) is 41.9 Å². The van der Waals surface area contributed by atoms with E-state index in [-0.39, 0.29) is 24.8 Å². The number of hydrogen-bond donors (Lipinski definition) is 0. The summed E-state index contributed by atoms with van der Waals surface area (Å²) in [5, 5.41) is 3.03. The van der Waals surface area contributed by atoms with Crippen LogP contribution in [0.3, 0.4) is 0 Å². The first-order valence-corrected chi connectivity index (χ1v) is 11.0. The molecule has 2 heterocycles. The van der Waals surface area contributed by atoms with Gasteiger partial charge in [-0.3, -0.25) is 0 Å². The van der Waals surface area contributed by atoms with Gasteiger partial charge in [0.1, 0.15) is 0 Å². The molecular formula is C23H20Cl2OPZr. The first-order chi connectivity index (χ1) is 12.7. The molecule has 1 nitrogen and oxygen atoms in total. The van der Waals surface area contributed by atoms with Gasteiger partial charge in [0.25, 0.3) is 0 Å². The van der Waals surface area contributed by atoms with Gasteiger partial charge >= 0.3 is 110 Å². The van der Waals surface area contributed by atoms with Crippen LogP contribution in [-0.4, -0.2) is 5.29 Å². The van der Waals surface area contributed by atoms with E-state index in [0.717, 1.165) is 11.5 Å². The molecule has 2 aliphatic carbocycles. The van der Waals surface area contributed by atoms with Crippen LogP contribution < -0.4 is 24.8 Å². The predicted octanol–water partition coefficient (Wildman–Crippen LogP) is 0.538. The van der Waals surface area contributed by atoms with Gasteiger partial charge in [0, 0.05) is 5.31 Å². The maximum absolute atomic E-state index is 5.77. The Morgan fingerprint density at radius 3 is 2.54 bits per heavy atom. The quantitative estimate of drug-likeness (QED) is 0.544. The van der Waals surface area contributed by atoms with Crippen LogP contribution in [0.4, 0.5) is 0 Å². The zero-order valence-corrected chi connectivity index (χ0v) is 20.6. The fourth-order valence-electron chi connectivity index (χ4n) is 3.43. The molecule has 141 valence electrons. The Labute approximate surface area is 196 Å². The Balaban J connectivity index is 0.000000204. The molecule has 2 aromatic rings. The SMILES string of the molecule is CCC1=PC2=CC=CC2=C1.Cc1ccc(C2[C]([Zr+2])=Cc3ccccc32)o1.[Cl-].[Cl-]. The summed E-state index contributed by atoms with van der Waals surface area (Å²) < 4.78 is 7.22. The third kappa shape index (κ3) is 4.80. The predicted molar refractivity (Wildman–Crippen MR) is 107 cm³/mol. The number of fused-ring (bicyclic) bond motifs is 2. The molecule has 1 atom stereocenters. The number of furan rings is 1. The molecule has 28 heavy (non-hydrogen) atoms. The van der Waals surface area contributed by atoms with Crippen LogP contribution in [0.25, 0.3) is 6.08 Å². The third-order valence-corrected chi connectivity index (χ3v) is 7.19. The van der Waals surface area contributed by atoms with Crippen molar-refractivity contribution in [2.75, 3.05) is 0 Å². The maximum atomic E-state index is 5.77. The van der Waals surface area contributed by atoms with E-state index < -0.39 is 0 Å². The van der Waals surface area contributed by atoms with Crippen LogP contribution in [0.5, 0.6) is 0 Å². The van der Waals surface area contributed by atoms with Crippen molar-refractivity contribution in [3.63, 3.8) is 0 Å².